The molecule has 0 atom stereocenters. The minimum Gasteiger partial charge on any atom is -0.465 e. The number of piperidine rings is 1. The van der Waals surface area contributed by atoms with E-state index in [0.717, 1.165) is 4.31 Å². The Morgan fingerprint density at radius 3 is 1.90 bits per heavy atom. The van der Waals surface area contributed by atoms with Crippen LogP contribution in [0, 0.1) is 5.92 Å². The molecule has 0 radical (unpaired) electrons. The number of nitrogens with zero attached hydrogens (tertiary/aromatic N) is 2. The Hall–Kier alpha value is -2.50. The molecule has 0 aromatic heterocycles. The molecule has 0 aliphatic carbocycles. The summed E-state index contributed by atoms with van der Waals surface area (Å²) in [4.78, 5) is 36.3. The summed E-state index contributed by atoms with van der Waals surface area (Å²) in [7, 11) is 1.83. The van der Waals surface area contributed by atoms with Crippen LogP contribution in [0.1, 0.15) is 33.6 Å². The quantitative estimate of drug-likeness (QED) is 0.664. The van der Waals surface area contributed by atoms with Crippen LogP contribution in [0.5, 0.6) is 0 Å². The van der Waals surface area contributed by atoms with E-state index in [-0.39, 0.29) is 35.8 Å². The van der Waals surface area contributed by atoms with Gasteiger partial charge in [0.25, 0.3) is 10.2 Å². The lowest BCUT2D eigenvalue weighted by molar-refractivity contribution is -0.120. The molecule has 1 saturated heterocycles. The van der Waals surface area contributed by atoms with Crippen molar-refractivity contribution in [3.05, 3.63) is 29.3 Å². The van der Waals surface area contributed by atoms with Crippen molar-refractivity contribution in [2.24, 2.45) is 5.92 Å². The molecule has 0 spiro atoms. The molecule has 160 valence electrons. The molecule has 1 heterocycles. The van der Waals surface area contributed by atoms with Crippen LogP contribution >= 0.6 is 0 Å². The lowest BCUT2D eigenvalue weighted by Gasteiger charge is -2.32. The highest BCUT2D eigenvalue weighted by atomic mass is 32.2. The topological polar surface area (TPSA) is 122 Å². The van der Waals surface area contributed by atoms with Gasteiger partial charge in [-0.1, -0.05) is 0 Å². The van der Waals surface area contributed by atoms with Crippen molar-refractivity contribution in [2.45, 2.75) is 12.8 Å². The first-order valence-corrected chi connectivity index (χ1v) is 10.3. The van der Waals surface area contributed by atoms with E-state index >= 15 is 0 Å². The fraction of sp³-hybridized carbons (Fsp3) is 0.500. The number of amides is 1. The van der Waals surface area contributed by atoms with Crippen molar-refractivity contribution in [1.82, 2.24) is 8.61 Å². The summed E-state index contributed by atoms with van der Waals surface area (Å²) in [5, 5.41) is 2.69. The van der Waals surface area contributed by atoms with Gasteiger partial charge in [0.2, 0.25) is 5.91 Å². The first kappa shape index (κ1) is 22.8. The largest absolute Gasteiger partial charge is 0.465 e. The number of carbonyl (C=O) groups is 3. The van der Waals surface area contributed by atoms with E-state index in [1.165, 1.54) is 50.8 Å². The lowest BCUT2D eigenvalue weighted by atomic mass is 9.97. The summed E-state index contributed by atoms with van der Waals surface area (Å²) in [5.74, 6) is -2.03. The summed E-state index contributed by atoms with van der Waals surface area (Å²) >= 11 is 0. The minimum atomic E-state index is -3.51. The van der Waals surface area contributed by atoms with Gasteiger partial charge >= 0.3 is 11.9 Å². The SMILES string of the molecule is COC(=O)c1cc(NC(=O)C2CCN(S(=O)(=O)N(C)C)CC2)cc(C(=O)OC)c1. The number of rotatable bonds is 6. The third-order valence-corrected chi connectivity index (χ3v) is 6.60. The number of carbonyl (C=O) groups excluding carboxylic acids is 3. The fourth-order valence-electron chi connectivity index (χ4n) is 3.00. The van der Waals surface area contributed by atoms with E-state index in [1.54, 1.807) is 0 Å². The van der Waals surface area contributed by atoms with Gasteiger partial charge in [0, 0.05) is 38.8 Å². The van der Waals surface area contributed by atoms with E-state index in [9.17, 15) is 22.8 Å². The van der Waals surface area contributed by atoms with Crippen LogP contribution in [0.4, 0.5) is 5.69 Å². The summed E-state index contributed by atoms with van der Waals surface area (Å²) in [6.45, 7) is 0.461. The molecule has 0 bridgehead atoms. The molecule has 11 heteroatoms. The normalized spacial score (nSPS) is 15.8. The molecular weight excluding hydrogens is 402 g/mol. The second-order valence-electron chi connectivity index (χ2n) is 6.73. The Bertz CT molecular complexity index is 856. The van der Waals surface area contributed by atoms with E-state index in [0.29, 0.717) is 12.8 Å². The number of hydrogen-bond acceptors (Lipinski definition) is 7. The van der Waals surface area contributed by atoms with Crippen LogP contribution in [0.25, 0.3) is 0 Å². The zero-order valence-electron chi connectivity index (χ0n) is 16.8. The molecule has 1 aromatic rings. The van der Waals surface area contributed by atoms with Crippen LogP contribution in [0.2, 0.25) is 0 Å². The molecule has 2 rings (SSSR count). The highest BCUT2D eigenvalue weighted by molar-refractivity contribution is 7.86. The Morgan fingerprint density at radius 2 is 1.48 bits per heavy atom. The van der Waals surface area contributed by atoms with Crippen LogP contribution < -0.4 is 5.32 Å². The number of benzene rings is 1. The molecule has 1 N–H and O–H groups in total. The molecule has 0 unspecified atom stereocenters. The fourth-order valence-corrected chi connectivity index (χ4v) is 4.13. The number of methoxy groups -OCH3 is 2. The van der Waals surface area contributed by atoms with Crippen molar-refractivity contribution in [3.63, 3.8) is 0 Å². The van der Waals surface area contributed by atoms with Gasteiger partial charge < -0.3 is 14.8 Å². The second-order valence-corrected chi connectivity index (χ2v) is 8.88. The summed E-state index contributed by atoms with van der Waals surface area (Å²) in [5.41, 5.74) is 0.442. The average Bonchev–Trinajstić information content (AvgIpc) is 2.72. The first-order valence-electron chi connectivity index (χ1n) is 8.90. The Labute approximate surface area is 169 Å². The zero-order valence-corrected chi connectivity index (χ0v) is 17.6. The summed E-state index contributed by atoms with van der Waals surface area (Å²) in [6.07, 6.45) is 0.721. The van der Waals surface area contributed by atoms with E-state index in [4.69, 9.17) is 0 Å². The Balaban J connectivity index is 2.13. The smallest absolute Gasteiger partial charge is 0.337 e. The predicted molar refractivity (Wildman–Crippen MR) is 105 cm³/mol. The lowest BCUT2D eigenvalue weighted by Crippen LogP contribution is -2.46. The van der Waals surface area contributed by atoms with E-state index < -0.39 is 28.1 Å². The van der Waals surface area contributed by atoms with Crippen LogP contribution in [-0.2, 0) is 24.5 Å². The summed E-state index contributed by atoms with van der Waals surface area (Å²) in [6, 6.07) is 4.13. The number of anilines is 1. The van der Waals surface area contributed by atoms with E-state index in [2.05, 4.69) is 14.8 Å². The zero-order chi connectivity index (χ0) is 21.8. The predicted octanol–water partition coefficient (Wildman–Crippen LogP) is 0.717. The third kappa shape index (κ3) is 5.31. The van der Waals surface area contributed by atoms with Gasteiger partial charge in [-0.25, -0.2) is 9.59 Å². The van der Waals surface area contributed by atoms with Gasteiger partial charge in [-0.15, -0.1) is 0 Å². The highest BCUT2D eigenvalue weighted by Crippen LogP contribution is 2.23. The average molecular weight is 427 g/mol. The second kappa shape index (κ2) is 9.33. The number of nitrogens with one attached hydrogen (secondary N) is 1. The van der Waals surface area contributed by atoms with Crippen molar-refractivity contribution >= 4 is 33.7 Å². The molecular formula is C18H25N3O7S. The highest BCUT2D eigenvalue weighted by Gasteiger charge is 2.32. The Kier molecular flexibility index (Phi) is 7.33. The molecule has 0 saturated carbocycles. The molecule has 1 aromatic carbocycles. The van der Waals surface area contributed by atoms with Crippen molar-refractivity contribution in [2.75, 3.05) is 46.7 Å². The first-order chi connectivity index (χ1) is 13.6. The van der Waals surface area contributed by atoms with E-state index in [1.807, 2.05) is 0 Å². The molecule has 1 amide bonds. The van der Waals surface area contributed by atoms with Gasteiger partial charge in [-0.2, -0.15) is 17.0 Å². The molecule has 29 heavy (non-hydrogen) atoms. The maximum absolute atomic E-state index is 12.6. The van der Waals surface area contributed by atoms with Crippen LogP contribution in [-0.4, -0.2) is 76.3 Å². The number of hydrogen-bond donors (Lipinski definition) is 1. The number of esters is 2. The standard InChI is InChI=1S/C18H25N3O7S/c1-20(2)29(25,26)21-7-5-12(6-8-21)16(22)19-15-10-13(17(23)27-3)9-14(11-15)18(24)28-4/h9-12H,5-8H2,1-4H3,(H,19,22). The monoisotopic (exact) mass is 427 g/mol. The van der Waals surface area contributed by atoms with Crippen LogP contribution in [0.3, 0.4) is 0 Å². The molecule has 10 nitrogen and oxygen atoms in total. The van der Waals surface area contributed by atoms with Gasteiger partial charge in [0.1, 0.15) is 0 Å². The maximum Gasteiger partial charge on any atom is 0.337 e. The van der Waals surface area contributed by atoms with Gasteiger partial charge in [-0.3, -0.25) is 4.79 Å². The summed E-state index contributed by atoms with van der Waals surface area (Å²) < 4.78 is 36.2. The minimum absolute atomic E-state index is 0.0950. The third-order valence-electron chi connectivity index (χ3n) is 4.66. The van der Waals surface area contributed by atoms with Gasteiger partial charge in [-0.05, 0) is 31.0 Å². The van der Waals surface area contributed by atoms with Crippen molar-refractivity contribution < 1.29 is 32.3 Å². The molecule has 1 fully saturated rings. The Morgan fingerprint density at radius 1 is 1.00 bits per heavy atom. The maximum atomic E-state index is 12.6. The molecule has 1 aliphatic rings. The molecule has 1 aliphatic heterocycles. The van der Waals surface area contributed by atoms with Gasteiger partial charge in [0.05, 0.1) is 25.3 Å². The number of ether oxygens (including phenoxy) is 2. The van der Waals surface area contributed by atoms with Crippen LogP contribution in [0.15, 0.2) is 18.2 Å². The van der Waals surface area contributed by atoms with Crippen molar-refractivity contribution in [1.29, 1.82) is 0 Å². The van der Waals surface area contributed by atoms with Gasteiger partial charge in [0.15, 0.2) is 0 Å². The van der Waals surface area contributed by atoms with Crippen molar-refractivity contribution in [3.8, 4) is 0 Å².